The molecule has 1 fully saturated rings. The van der Waals surface area contributed by atoms with Gasteiger partial charge in [-0.2, -0.15) is 0 Å². The van der Waals surface area contributed by atoms with E-state index in [1.165, 1.54) is 6.42 Å². The second-order valence-electron chi connectivity index (χ2n) is 9.95. The second-order valence-corrected chi connectivity index (χ2v) is 10.9. The lowest BCUT2D eigenvalue weighted by Crippen LogP contribution is -2.65. The van der Waals surface area contributed by atoms with Crippen molar-refractivity contribution in [2.45, 2.75) is 64.2 Å². The third kappa shape index (κ3) is 3.97. The molecule has 3 aromatic rings. The van der Waals surface area contributed by atoms with E-state index in [-0.39, 0.29) is 24.4 Å². The topological polar surface area (TPSA) is 72.8 Å². The molecule has 1 saturated carbocycles. The van der Waals surface area contributed by atoms with Crippen molar-refractivity contribution >= 4 is 33.4 Å². The molecule has 2 aromatic heterocycles. The molecular weight excluding hydrogens is 462 g/mol. The highest BCUT2D eigenvalue weighted by atomic mass is 32.1. The number of ether oxygens (including phenoxy) is 2. The van der Waals surface area contributed by atoms with Crippen LogP contribution in [0.4, 0.5) is 0 Å². The molecule has 8 heteroatoms. The number of para-hydroxylation sites is 1. The van der Waals surface area contributed by atoms with Crippen LogP contribution in [0.15, 0.2) is 35.7 Å². The van der Waals surface area contributed by atoms with Crippen molar-refractivity contribution in [3.63, 3.8) is 0 Å². The molecule has 186 valence electrons. The van der Waals surface area contributed by atoms with Crippen LogP contribution in [0.2, 0.25) is 0 Å². The molecule has 1 aromatic carbocycles. The number of rotatable bonds is 6. The number of benzene rings is 1. The molecule has 0 spiro atoms. The highest BCUT2D eigenvalue weighted by molar-refractivity contribution is 7.17. The Morgan fingerprint density at radius 1 is 1.20 bits per heavy atom. The SMILES string of the molecule is COc1cccc(CN2C(=O)c3cc4sccc4n3C[C@]2(C)C(=O)N[C@H]2CCCC[C@H]2C)c1OC. The van der Waals surface area contributed by atoms with Gasteiger partial charge in [-0.1, -0.05) is 31.9 Å². The summed E-state index contributed by atoms with van der Waals surface area (Å²) in [5, 5.41) is 5.36. The molecule has 5 rings (SSSR count). The minimum atomic E-state index is -1.07. The third-order valence-electron chi connectivity index (χ3n) is 7.78. The fraction of sp³-hybridized carbons (Fsp3) is 0.481. The smallest absolute Gasteiger partial charge is 0.271 e. The lowest BCUT2D eigenvalue weighted by Gasteiger charge is -2.45. The average Bonchev–Trinajstić information content (AvgIpc) is 3.45. The van der Waals surface area contributed by atoms with Crippen molar-refractivity contribution in [2.24, 2.45) is 5.92 Å². The van der Waals surface area contributed by atoms with Gasteiger partial charge in [0.15, 0.2) is 11.5 Å². The summed E-state index contributed by atoms with van der Waals surface area (Å²) in [5.74, 6) is 1.34. The van der Waals surface area contributed by atoms with E-state index in [1.54, 1.807) is 30.5 Å². The van der Waals surface area contributed by atoms with E-state index in [9.17, 15) is 9.59 Å². The van der Waals surface area contributed by atoms with Crippen LogP contribution in [0.25, 0.3) is 10.2 Å². The molecule has 1 aliphatic carbocycles. The molecule has 1 aliphatic heterocycles. The first-order chi connectivity index (χ1) is 16.9. The van der Waals surface area contributed by atoms with Gasteiger partial charge in [-0.25, -0.2) is 0 Å². The van der Waals surface area contributed by atoms with Crippen molar-refractivity contribution in [1.82, 2.24) is 14.8 Å². The molecule has 3 heterocycles. The van der Waals surface area contributed by atoms with Crippen LogP contribution in [0.5, 0.6) is 11.5 Å². The summed E-state index contributed by atoms with van der Waals surface area (Å²) in [4.78, 5) is 29.7. The number of thiophene rings is 1. The number of aromatic nitrogens is 1. The van der Waals surface area contributed by atoms with Gasteiger partial charge in [-0.05, 0) is 49.3 Å². The predicted octanol–water partition coefficient (Wildman–Crippen LogP) is 4.83. The molecule has 0 unspecified atom stereocenters. The van der Waals surface area contributed by atoms with Crippen LogP contribution < -0.4 is 14.8 Å². The van der Waals surface area contributed by atoms with Crippen molar-refractivity contribution in [2.75, 3.05) is 14.2 Å². The Labute approximate surface area is 210 Å². The molecule has 0 saturated heterocycles. The maximum Gasteiger partial charge on any atom is 0.271 e. The number of hydrogen-bond acceptors (Lipinski definition) is 5. The van der Waals surface area contributed by atoms with Gasteiger partial charge in [-0.3, -0.25) is 9.59 Å². The average molecular weight is 496 g/mol. The normalized spacial score (nSPS) is 24.3. The van der Waals surface area contributed by atoms with Crippen LogP contribution >= 0.6 is 11.3 Å². The minimum Gasteiger partial charge on any atom is -0.493 e. The summed E-state index contributed by atoms with van der Waals surface area (Å²) in [6, 6.07) is 9.73. The highest BCUT2D eigenvalue weighted by Crippen LogP contribution is 2.38. The zero-order valence-corrected chi connectivity index (χ0v) is 21.6. The van der Waals surface area contributed by atoms with Gasteiger partial charge in [0, 0.05) is 11.6 Å². The highest BCUT2D eigenvalue weighted by Gasteiger charge is 2.48. The summed E-state index contributed by atoms with van der Waals surface area (Å²) in [5.41, 5.74) is 1.35. The van der Waals surface area contributed by atoms with Crippen molar-refractivity contribution in [3.8, 4) is 11.5 Å². The lowest BCUT2D eigenvalue weighted by molar-refractivity contribution is -0.134. The zero-order chi connectivity index (χ0) is 24.7. The number of fused-ring (bicyclic) bond motifs is 3. The Balaban J connectivity index is 1.56. The fourth-order valence-electron chi connectivity index (χ4n) is 5.62. The summed E-state index contributed by atoms with van der Waals surface area (Å²) in [6.45, 7) is 4.73. The Hall–Kier alpha value is -3.00. The number of carbonyl (C=O) groups excluding carboxylic acids is 2. The predicted molar refractivity (Wildman–Crippen MR) is 137 cm³/mol. The molecule has 2 amide bonds. The Morgan fingerprint density at radius 2 is 2.00 bits per heavy atom. The number of nitrogens with zero attached hydrogens (tertiary/aromatic N) is 2. The quantitative estimate of drug-likeness (QED) is 0.532. The maximum atomic E-state index is 14.0. The van der Waals surface area contributed by atoms with E-state index in [0.717, 1.165) is 35.0 Å². The van der Waals surface area contributed by atoms with Gasteiger partial charge >= 0.3 is 0 Å². The van der Waals surface area contributed by atoms with Crippen molar-refractivity contribution in [3.05, 3.63) is 47.0 Å². The minimum absolute atomic E-state index is 0.103. The molecule has 0 radical (unpaired) electrons. The van der Waals surface area contributed by atoms with E-state index in [2.05, 4.69) is 12.2 Å². The summed E-state index contributed by atoms with van der Waals surface area (Å²) in [7, 11) is 3.19. The first-order valence-electron chi connectivity index (χ1n) is 12.3. The molecule has 1 N–H and O–H groups in total. The van der Waals surface area contributed by atoms with E-state index in [4.69, 9.17) is 9.47 Å². The molecule has 35 heavy (non-hydrogen) atoms. The summed E-state index contributed by atoms with van der Waals surface area (Å²) >= 11 is 1.61. The van der Waals surface area contributed by atoms with Gasteiger partial charge in [0.2, 0.25) is 5.91 Å². The molecule has 7 nitrogen and oxygen atoms in total. The van der Waals surface area contributed by atoms with Gasteiger partial charge in [-0.15, -0.1) is 11.3 Å². The van der Waals surface area contributed by atoms with E-state index in [0.29, 0.717) is 29.7 Å². The Kier molecular flexibility index (Phi) is 6.25. The van der Waals surface area contributed by atoms with Crippen LogP contribution in [0.1, 0.15) is 55.6 Å². The van der Waals surface area contributed by atoms with E-state index < -0.39 is 5.54 Å². The standard InChI is InChI=1S/C27H33N3O4S/c1-17-8-5-6-10-19(17)28-26(32)27(2)16-29-20-12-13-35-23(20)14-21(29)25(31)30(27)15-18-9-7-11-22(33-3)24(18)34-4/h7,9,11-14,17,19H,5-6,8,10,15-16H2,1-4H3,(H,28,32)/t17-,19+,27-/m1/s1. The van der Waals surface area contributed by atoms with Gasteiger partial charge in [0.25, 0.3) is 5.91 Å². The fourth-order valence-corrected chi connectivity index (χ4v) is 6.45. The molecule has 0 bridgehead atoms. The number of methoxy groups -OCH3 is 2. The van der Waals surface area contributed by atoms with Crippen molar-refractivity contribution in [1.29, 1.82) is 0 Å². The second kappa shape index (κ2) is 9.22. The van der Waals surface area contributed by atoms with Crippen LogP contribution in [-0.4, -0.2) is 47.1 Å². The maximum absolute atomic E-state index is 14.0. The summed E-state index contributed by atoms with van der Waals surface area (Å²) < 4.78 is 14.2. The molecule has 3 atom stereocenters. The first kappa shape index (κ1) is 23.7. The Morgan fingerprint density at radius 3 is 2.74 bits per heavy atom. The number of amides is 2. The number of carbonyl (C=O) groups is 2. The van der Waals surface area contributed by atoms with Crippen LogP contribution in [0.3, 0.4) is 0 Å². The molecular formula is C27H33N3O4S. The lowest BCUT2D eigenvalue weighted by atomic mass is 9.85. The zero-order valence-electron chi connectivity index (χ0n) is 20.8. The van der Waals surface area contributed by atoms with E-state index >= 15 is 0 Å². The number of nitrogens with one attached hydrogen (secondary N) is 1. The van der Waals surface area contributed by atoms with Gasteiger partial charge < -0.3 is 24.3 Å². The Bertz CT molecular complexity index is 1260. The van der Waals surface area contributed by atoms with E-state index in [1.807, 2.05) is 47.2 Å². The van der Waals surface area contributed by atoms with Crippen LogP contribution in [-0.2, 0) is 17.9 Å². The largest absolute Gasteiger partial charge is 0.493 e. The molecule has 2 aliphatic rings. The van der Waals surface area contributed by atoms with Gasteiger partial charge in [0.1, 0.15) is 11.2 Å². The van der Waals surface area contributed by atoms with Gasteiger partial charge in [0.05, 0.1) is 37.5 Å². The van der Waals surface area contributed by atoms with Crippen molar-refractivity contribution < 1.29 is 19.1 Å². The first-order valence-corrected chi connectivity index (χ1v) is 13.1. The summed E-state index contributed by atoms with van der Waals surface area (Å²) in [6.07, 6.45) is 4.41. The van der Waals surface area contributed by atoms with Crippen LogP contribution in [0, 0.1) is 5.92 Å². The monoisotopic (exact) mass is 495 g/mol. The number of hydrogen-bond donors (Lipinski definition) is 1. The third-order valence-corrected chi connectivity index (χ3v) is 8.63.